The number of carbonyl (C=O) groups excluding carboxylic acids is 1. The van der Waals surface area contributed by atoms with Gasteiger partial charge in [-0.15, -0.1) is 11.5 Å². The summed E-state index contributed by atoms with van der Waals surface area (Å²) >= 11 is 0. The molecule has 0 aromatic heterocycles. The largest absolute Gasteiger partial charge is 0.360 e. The molecule has 1 N–H and O–H groups in total. The number of nitrogens with one attached hydrogen (secondary N) is 1. The number of carbonyl (C=O) groups is 1. The molecule has 1 rings (SSSR count). The average molecular weight is 277 g/mol. The number of rotatable bonds is 2. The van der Waals surface area contributed by atoms with Gasteiger partial charge in [-0.05, 0) is 0 Å². The van der Waals surface area contributed by atoms with Crippen molar-refractivity contribution in [3.8, 4) is 12.3 Å². The Morgan fingerprint density at radius 3 is 2.00 bits per heavy atom. The summed E-state index contributed by atoms with van der Waals surface area (Å²) < 4.78 is 64.3. The van der Waals surface area contributed by atoms with Gasteiger partial charge in [0.25, 0.3) is 0 Å². The van der Waals surface area contributed by atoms with Gasteiger partial charge in [-0.3, -0.25) is 0 Å². The molecule has 0 saturated carbocycles. The van der Waals surface area contributed by atoms with Crippen molar-refractivity contribution in [2.45, 2.75) is 0 Å². The van der Waals surface area contributed by atoms with Crippen molar-refractivity contribution in [3.63, 3.8) is 0 Å². The van der Waals surface area contributed by atoms with Crippen LogP contribution in [-0.4, -0.2) is 12.6 Å². The number of hydrogen-bond acceptors (Lipinski definition) is 2. The first kappa shape index (κ1) is 14.6. The summed E-state index contributed by atoms with van der Waals surface area (Å²) in [6.07, 6.45) is 4.79. The predicted molar refractivity (Wildman–Crippen MR) is 53.0 cm³/mol. The maximum Gasteiger partial charge on any atom is 0.360 e. The van der Waals surface area contributed by atoms with Crippen LogP contribution in [0.5, 0.6) is 0 Å². The highest BCUT2D eigenvalue weighted by atomic mass is 19.2. The first-order valence-corrected chi connectivity index (χ1v) is 4.54. The van der Waals surface area contributed by atoms with Crippen LogP contribution >= 0.6 is 0 Å². The van der Waals surface area contributed by atoms with E-state index >= 15 is 0 Å². The molecule has 4 nitrogen and oxygen atoms in total. The van der Waals surface area contributed by atoms with Crippen LogP contribution in [0.1, 0.15) is 0 Å². The molecule has 1 aromatic rings. The second-order valence-electron chi connectivity index (χ2n) is 2.98. The van der Waals surface area contributed by atoms with Gasteiger partial charge in [0.15, 0.2) is 29.0 Å². The Morgan fingerprint density at radius 2 is 1.53 bits per heavy atom. The smallest absolute Gasteiger partial charge is 0.324 e. The fraction of sp³-hybridized carbons (Fsp3) is 0.100. The van der Waals surface area contributed by atoms with Crippen LogP contribution in [0.3, 0.4) is 0 Å². The highest BCUT2D eigenvalue weighted by Gasteiger charge is 2.25. The second kappa shape index (κ2) is 5.90. The molecule has 1 aromatic carbocycles. The quantitative estimate of drug-likeness (QED) is 0.292. The van der Waals surface area contributed by atoms with E-state index < -0.39 is 40.8 Å². The minimum absolute atomic E-state index is 0.241. The minimum atomic E-state index is -2.33. The van der Waals surface area contributed by atoms with Gasteiger partial charge < -0.3 is 5.32 Å². The molecule has 0 unspecified atom stereocenters. The van der Waals surface area contributed by atoms with Gasteiger partial charge in [0.2, 0.25) is 5.82 Å². The van der Waals surface area contributed by atoms with Crippen LogP contribution in [0.2, 0.25) is 0 Å². The molecule has 0 fully saturated rings. The summed E-state index contributed by atoms with van der Waals surface area (Å²) in [6.45, 7) is -0.241. The lowest BCUT2D eigenvalue weighted by Gasteiger charge is -2.02. The SMILES string of the molecule is C#CCNC(=O)N=Nc1c(F)c(F)c(F)c(F)c1F. The Labute approximate surface area is 103 Å². The topological polar surface area (TPSA) is 53.8 Å². The molecule has 100 valence electrons. The van der Waals surface area contributed by atoms with E-state index in [0.717, 1.165) is 0 Å². The number of benzene rings is 1. The lowest BCUT2D eigenvalue weighted by atomic mass is 10.2. The Kier molecular flexibility index (Phi) is 4.52. The molecule has 0 atom stereocenters. The maximum atomic E-state index is 13.1. The van der Waals surface area contributed by atoms with Crippen LogP contribution in [0.15, 0.2) is 10.2 Å². The summed E-state index contributed by atoms with van der Waals surface area (Å²) in [5, 5.41) is 7.32. The molecule has 0 saturated heterocycles. The third-order valence-corrected chi connectivity index (χ3v) is 1.77. The van der Waals surface area contributed by atoms with Gasteiger partial charge in [0.05, 0.1) is 6.54 Å². The standard InChI is InChI=1S/C10H4F5N3O/c1-2-3-16-10(19)18-17-9-7(14)5(12)4(11)6(13)8(9)15/h1H,3H2,(H,16,19). The van der Waals surface area contributed by atoms with E-state index in [1.54, 1.807) is 0 Å². The van der Waals surface area contributed by atoms with Crippen molar-refractivity contribution >= 4 is 11.7 Å². The molecular weight excluding hydrogens is 273 g/mol. The number of terminal acetylenes is 1. The van der Waals surface area contributed by atoms with Gasteiger partial charge in [-0.25, -0.2) is 26.7 Å². The van der Waals surface area contributed by atoms with Gasteiger partial charge >= 0.3 is 6.03 Å². The highest BCUT2D eigenvalue weighted by Crippen LogP contribution is 2.29. The van der Waals surface area contributed by atoms with E-state index in [1.807, 2.05) is 11.2 Å². The number of hydrogen-bond donors (Lipinski definition) is 1. The predicted octanol–water partition coefficient (Wildman–Crippen LogP) is 2.81. The van der Waals surface area contributed by atoms with Crippen LogP contribution in [0.4, 0.5) is 32.4 Å². The molecule has 0 spiro atoms. The number of azo groups is 1. The second-order valence-corrected chi connectivity index (χ2v) is 2.98. The van der Waals surface area contributed by atoms with Crippen molar-refractivity contribution in [2.75, 3.05) is 6.54 Å². The first-order valence-electron chi connectivity index (χ1n) is 4.54. The number of nitrogens with zero attached hydrogens (tertiary/aromatic N) is 2. The highest BCUT2D eigenvalue weighted by molar-refractivity contribution is 5.74. The van der Waals surface area contributed by atoms with Crippen molar-refractivity contribution in [2.24, 2.45) is 10.2 Å². The van der Waals surface area contributed by atoms with Crippen LogP contribution < -0.4 is 5.32 Å². The number of halogens is 5. The maximum absolute atomic E-state index is 13.1. The summed E-state index contributed by atoms with van der Waals surface area (Å²) in [6, 6.07) is -1.19. The van der Waals surface area contributed by atoms with Crippen molar-refractivity contribution in [3.05, 3.63) is 29.1 Å². The van der Waals surface area contributed by atoms with Gasteiger partial charge in [-0.1, -0.05) is 11.0 Å². The molecule has 0 bridgehead atoms. The molecule has 2 amide bonds. The van der Waals surface area contributed by atoms with E-state index in [1.165, 1.54) is 0 Å². The lowest BCUT2D eigenvalue weighted by molar-refractivity contribution is 0.249. The first-order chi connectivity index (χ1) is 8.90. The van der Waals surface area contributed by atoms with Crippen LogP contribution in [0, 0.1) is 41.4 Å². The van der Waals surface area contributed by atoms with Crippen LogP contribution in [0.25, 0.3) is 0 Å². The fourth-order valence-corrected chi connectivity index (χ4v) is 0.939. The van der Waals surface area contributed by atoms with E-state index in [0.29, 0.717) is 0 Å². The lowest BCUT2D eigenvalue weighted by Crippen LogP contribution is -2.19. The normalized spacial score (nSPS) is 10.5. The van der Waals surface area contributed by atoms with Gasteiger partial charge in [0.1, 0.15) is 0 Å². The Bertz CT molecular complexity index is 565. The van der Waals surface area contributed by atoms with E-state index in [-0.39, 0.29) is 6.54 Å². The summed E-state index contributed by atoms with van der Waals surface area (Å²) in [5.74, 6) is -9.08. The van der Waals surface area contributed by atoms with Crippen LogP contribution in [-0.2, 0) is 0 Å². The zero-order valence-corrected chi connectivity index (χ0v) is 8.98. The van der Waals surface area contributed by atoms with E-state index in [4.69, 9.17) is 6.42 Å². The van der Waals surface area contributed by atoms with Crippen molar-refractivity contribution in [1.29, 1.82) is 0 Å². The Hall–Kier alpha value is -2.50. The zero-order chi connectivity index (χ0) is 14.6. The third-order valence-electron chi connectivity index (χ3n) is 1.77. The fourth-order valence-electron chi connectivity index (χ4n) is 0.939. The van der Waals surface area contributed by atoms with E-state index in [9.17, 15) is 26.7 Å². The number of urea groups is 1. The molecule has 0 aliphatic rings. The summed E-state index contributed by atoms with van der Waals surface area (Å²) in [5.41, 5.74) is -1.56. The van der Waals surface area contributed by atoms with Gasteiger partial charge in [-0.2, -0.15) is 0 Å². The monoisotopic (exact) mass is 277 g/mol. The van der Waals surface area contributed by atoms with Crippen molar-refractivity contribution < 1.29 is 26.7 Å². The Balaban J connectivity index is 3.13. The zero-order valence-electron chi connectivity index (χ0n) is 8.98. The molecule has 0 aliphatic heterocycles. The molecular formula is C10H4F5N3O. The molecule has 9 heteroatoms. The summed E-state index contributed by atoms with van der Waals surface area (Å²) in [7, 11) is 0. The van der Waals surface area contributed by atoms with Crippen molar-refractivity contribution in [1.82, 2.24) is 5.32 Å². The molecule has 0 radical (unpaired) electrons. The third kappa shape index (κ3) is 3.04. The number of amides is 2. The Morgan fingerprint density at radius 1 is 1.05 bits per heavy atom. The molecule has 0 heterocycles. The van der Waals surface area contributed by atoms with Gasteiger partial charge in [0, 0.05) is 0 Å². The average Bonchev–Trinajstić information content (AvgIpc) is 2.40. The summed E-state index contributed by atoms with van der Waals surface area (Å²) in [4.78, 5) is 10.9. The minimum Gasteiger partial charge on any atom is -0.324 e. The van der Waals surface area contributed by atoms with E-state index in [2.05, 4.69) is 10.2 Å². The molecule has 19 heavy (non-hydrogen) atoms. The molecule has 0 aliphatic carbocycles.